The van der Waals surface area contributed by atoms with Gasteiger partial charge in [-0.05, 0) is 65.0 Å². The Balaban J connectivity index is 0.00000385. The molecule has 0 saturated heterocycles. The number of nitrogens with one attached hydrogen (secondary N) is 1. The number of esters is 1. The highest BCUT2D eigenvalue weighted by Crippen LogP contribution is 2.36. The number of hydrazine groups is 1. The van der Waals surface area contributed by atoms with E-state index in [2.05, 4.69) is 36.6 Å². The summed E-state index contributed by atoms with van der Waals surface area (Å²) >= 11 is 0. The molecule has 0 aromatic heterocycles. The van der Waals surface area contributed by atoms with Crippen molar-refractivity contribution in [1.29, 1.82) is 0 Å². The van der Waals surface area contributed by atoms with Gasteiger partial charge in [0.2, 0.25) is 0 Å². The van der Waals surface area contributed by atoms with E-state index in [9.17, 15) is 4.79 Å². The smallest absolute Gasteiger partial charge is 0.330 e. The van der Waals surface area contributed by atoms with Crippen LogP contribution in [-0.4, -0.2) is 12.6 Å². The summed E-state index contributed by atoms with van der Waals surface area (Å²) in [4.78, 5) is 11.6. The first-order valence-corrected chi connectivity index (χ1v) is 10.7. The highest BCUT2D eigenvalue weighted by atomic mass is 16.5. The first kappa shape index (κ1) is 22.8. The molecule has 0 spiro atoms. The van der Waals surface area contributed by atoms with Crippen LogP contribution in [0.1, 0.15) is 43.9 Å². The molecule has 0 fully saturated rings. The molecule has 0 atom stereocenters. The fraction of sp³-hybridized carbons (Fsp3) is 0.148. The van der Waals surface area contributed by atoms with Gasteiger partial charge in [-0.3, -0.25) is 5.84 Å². The van der Waals surface area contributed by atoms with Crippen molar-refractivity contribution in [3.8, 4) is 0 Å². The maximum atomic E-state index is 11.6. The highest BCUT2D eigenvalue weighted by Gasteiger charge is 2.14. The second-order valence-electron chi connectivity index (χ2n) is 7.23. The quantitative estimate of drug-likeness (QED) is 0.106. The molecule has 3 aromatic rings. The van der Waals surface area contributed by atoms with Gasteiger partial charge in [-0.15, -0.1) is 0 Å². The number of hydrogen-bond acceptors (Lipinski definition) is 5. The van der Waals surface area contributed by atoms with E-state index in [4.69, 9.17) is 16.3 Å². The summed E-state index contributed by atoms with van der Waals surface area (Å²) in [5, 5.41) is 0. The van der Waals surface area contributed by atoms with Crippen LogP contribution >= 0.6 is 0 Å². The number of carbonyl (C=O) groups is 1. The van der Waals surface area contributed by atoms with Crippen LogP contribution in [0.4, 0.5) is 11.4 Å². The van der Waals surface area contributed by atoms with E-state index in [-0.39, 0.29) is 7.40 Å². The average Bonchev–Trinajstić information content (AvgIpc) is 2.82. The highest BCUT2D eigenvalue weighted by molar-refractivity contribution is 5.99. The zero-order valence-corrected chi connectivity index (χ0v) is 18.5. The Bertz CT molecular complexity index is 1120. The first-order valence-electron chi connectivity index (χ1n) is 10.7. The Labute approximate surface area is 190 Å². The molecule has 0 aliphatic rings. The lowest BCUT2D eigenvalue weighted by Gasteiger charge is -2.18. The summed E-state index contributed by atoms with van der Waals surface area (Å²) in [5.74, 6) is 5.22. The maximum absolute atomic E-state index is 11.6. The zero-order chi connectivity index (χ0) is 22.9. The van der Waals surface area contributed by atoms with Crippen LogP contribution in [0.15, 0.2) is 78.9 Å². The number of ether oxygens (including phenoxy) is 1. The molecule has 166 valence electrons. The molecule has 0 unspecified atom stereocenters. The number of nitrogens with two attached hydrogens (primary N) is 2. The van der Waals surface area contributed by atoms with Crippen molar-refractivity contribution in [1.82, 2.24) is 0 Å². The van der Waals surface area contributed by atoms with Crippen molar-refractivity contribution in [3.63, 3.8) is 0 Å². The Hall–Kier alpha value is -3.83. The number of rotatable bonds is 8. The van der Waals surface area contributed by atoms with Crippen molar-refractivity contribution < 1.29 is 11.0 Å². The maximum Gasteiger partial charge on any atom is 0.330 e. The summed E-state index contributed by atoms with van der Waals surface area (Å²) in [6, 6.07) is 24.3. The van der Waals surface area contributed by atoms with E-state index in [0.717, 1.165) is 34.2 Å². The third-order valence-corrected chi connectivity index (χ3v) is 5.17. The third-order valence-electron chi connectivity index (χ3n) is 5.17. The molecule has 0 aliphatic heterocycles. The SMILES string of the molecule is CCOC(=O)/C=C/c1ccc(/C(=C(/CC)c2ccccc2)c2ccc(NN)c(N)c2)cc1.[HH]. The van der Waals surface area contributed by atoms with Crippen LogP contribution in [0, 0.1) is 0 Å². The number of carbonyl (C=O) groups excluding carboxylic acids is 1. The van der Waals surface area contributed by atoms with Crippen molar-refractivity contribution >= 4 is 34.6 Å². The number of allylic oxidation sites excluding steroid dienone is 1. The van der Waals surface area contributed by atoms with Gasteiger partial charge in [-0.25, -0.2) is 4.79 Å². The molecule has 5 nitrogen and oxygen atoms in total. The molecule has 0 heterocycles. The van der Waals surface area contributed by atoms with Gasteiger partial charge in [0.25, 0.3) is 0 Å². The van der Waals surface area contributed by atoms with E-state index in [0.29, 0.717) is 18.0 Å². The van der Waals surface area contributed by atoms with Crippen LogP contribution in [0.5, 0.6) is 0 Å². The van der Waals surface area contributed by atoms with Crippen LogP contribution < -0.4 is 17.0 Å². The van der Waals surface area contributed by atoms with Gasteiger partial charge in [0, 0.05) is 7.50 Å². The molecule has 0 aliphatic carbocycles. The van der Waals surface area contributed by atoms with Crippen LogP contribution in [0.2, 0.25) is 0 Å². The van der Waals surface area contributed by atoms with Gasteiger partial charge >= 0.3 is 5.97 Å². The Morgan fingerprint density at radius 3 is 2.25 bits per heavy atom. The first-order chi connectivity index (χ1) is 15.6. The Morgan fingerprint density at radius 1 is 0.969 bits per heavy atom. The number of hydrogen-bond donors (Lipinski definition) is 3. The van der Waals surface area contributed by atoms with E-state index in [1.807, 2.05) is 48.5 Å². The normalized spacial score (nSPS) is 11.8. The van der Waals surface area contributed by atoms with Crippen molar-refractivity contribution in [2.75, 3.05) is 17.8 Å². The Morgan fingerprint density at radius 2 is 1.66 bits per heavy atom. The largest absolute Gasteiger partial charge is 0.463 e. The van der Waals surface area contributed by atoms with Gasteiger partial charge in [-0.1, -0.05) is 67.6 Å². The predicted molar refractivity (Wildman–Crippen MR) is 136 cm³/mol. The van der Waals surface area contributed by atoms with Crippen LogP contribution in [0.3, 0.4) is 0 Å². The summed E-state index contributed by atoms with van der Waals surface area (Å²) < 4.78 is 4.95. The summed E-state index contributed by atoms with van der Waals surface area (Å²) in [5.41, 5.74) is 16.6. The molecule has 3 rings (SSSR count). The van der Waals surface area contributed by atoms with Crippen molar-refractivity contribution in [2.45, 2.75) is 20.3 Å². The molecule has 5 N–H and O–H groups in total. The lowest BCUT2D eigenvalue weighted by Crippen LogP contribution is -2.09. The van der Waals surface area contributed by atoms with Crippen LogP contribution in [-0.2, 0) is 9.53 Å². The van der Waals surface area contributed by atoms with E-state index >= 15 is 0 Å². The van der Waals surface area contributed by atoms with Crippen molar-refractivity contribution in [3.05, 3.63) is 101 Å². The summed E-state index contributed by atoms with van der Waals surface area (Å²) in [6.07, 6.45) is 4.04. The van der Waals surface area contributed by atoms with Gasteiger partial charge in [0.1, 0.15) is 0 Å². The number of anilines is 2. The predicted octanol–water partition coefficient (Wildman–Crippen LogP) is 5.75. The average molecular weight is 430 g/mol. The van der Waals surface area contributed by atoms with Gasteiger partial charge in [0.15, 0.2) is 0 Å². The number of nitrogen functional groups attached to an aromatic ring is 2. The van der Waals surface area contributed by atoms with Gasteiger partial charge < -0.3 is 15.9 Å². The molecule has 3 aromatic carbocycles. The second-order valence-corrected chi connectivity index (χ2v) is 7.23. The third kappa shape index (κ3) is 5.45. The molecule has 0 amide bonds. The molecular weight excluding hydrogens is 398 g/mol. The second kappa shape index (κ2) is 11.0. The molecule has 0 saturated carbocycles. The van der Waals surface area contributed by atoms with Crippen LogP contribution in [0.25, 0.3) is 17.2 Å². The lowest BCUT2D eigenvalue weighted by atomic mass is 9.87. The number of benzene rings is 3. The molecule has 32 heavy (non-hydrogen) atoms. The summed E-state index contributed by atoms with van der Waals surface area (Å²) in [7, 11) is 0. The standard InChI is InChI=1S/C27H29N3O2.H2/c1-3-23(20-8-6-5-7-9-20)27(22-15-16-25(30-29)24(28)18-22)21-13-10-19(11-14-21)12-17-26(31)32-4-2;/h5-18,30H,3-4,28-29H2,1-2H3;1H/b17-12+,27-23+;. The van der Waals surface area contributed by atoms with E-state index < -0.39 is 0 Å². The minimum absolute atomic E-state index is 0. The molecule has 0 radical (unpaired) electrons. The Kier molecular flexibility index (Phi) is 7.84. The summed E-state index contributed by atoms with van der Waals surface area (Å²) in [6.45, 7) is 4.30. The molecule has 0 bridgehead atoms. The van der Waals surface area contributed by atoms with E-state index in [1.165, 1.54) is 11.6 Å². The zero-order valence-electron chi connectivity index (χ0n) is 18.5. The van der Waals surface area contributed by atoms with Gasteiger partial charge in [0.05, 0.1) is 18.0 Å². The minimum atomic E-state index is -0.349. The molecule has 5 heteroatoms. The molecular formula is C27H31N3O2. The van der Waals surface area contributed by atoms with Crippen molar-refractivity contribution in [2.24, 2.45) is 5.84 Å². The van der Waals surface area contributed by atoms with Gasteiger partial charge in [-0.2, -0.15) is 0 Å². The topological polar surface area (TPSA) is 90.4 Å². The fourth-order valence-electron chi connectivity index (χ4n) is 3.64. The lowest BCUT2D eigenvalue weighted by molar-refractivity contribution is -0.137. The van der Waals surface area contributed by atoms with E-state index in [1.54, 1.807) is 13.0 Å². The minimum Gasteiger partial charge on any atom is -0.463 e. The fourth-order valence-corrected chi connectivity index (χ4v) is 3.64. The monoisotopic (exact) mass is 429 g/mol.